The minimum absolute atomic E-state index is 0.0165. The highest BCUT2D eigenvalue weighted by atomic mass is 16.5. The summed E-state index contributed by atoms with van der Waals surface area (Å²) >= 11 is 0. The lowest BCUT2D eigenvalue weighted by atomic mass is 10.1. The first-order valence-corrected chi connectivity index (χ1v) is 9.87. The fourth-order valence-electron chi connectivity index (χ4n) is 3.14. The van der Waals surface area contributed by atoms with Gasteiger partial charge in [-0.25, -0.2) is 0 Å². The molecule has 0 radical (unpaired) electrons. The summed E-state index contributed by atoms with van der Waals surface area (Å²) < 4.78 is 5.25. The predicted molar refractivity (Wildman–Crippen MR) is 120 cm³/mol. The number of hydrogen-bond acceptors (Lipinski definition) is 3. The molecule has 154 valence electrons. The van der Waals surface area contributed by atoms with Crippen LogP contribution in [-0.4, -0.2) is 37.4 Å². The van der Waals surface area contributed by atoms with E-state index in [-0.39, 0.29) is 18.2 Å². The van der Waals surface area contributed by atoms with Gasteiger partial charge in [0, 0.05) is 32.6 Å². The van der Waals surface area contributed by atoms with Gasteiger partial charge in [0.25, 0.3) is 0 Å². The maximum atomic E-state index is 12.4. The summed E-state index contributed by atoms with van der Waals surface area (Å²) in [5.74, 6) is 0.597. The third-order valence-corrected chi connectivity index (χ3v) is 4.82. The number of carbonyl (C=O) groups excluding carboxylic acids is 2. The highest BCUT2D eigenvalue weighted by Crippen LogP contribution is 2.22. The first kappa shape index (κ1) is 21.1. The Morgan fingerprint density at radius 2 is 1.73 bits per heavy atom. The standard InChI is InChI=1S/C25H26N2O3/c1-27(18-20-8-10-22-17-23(30-2)12-11-21(22)16-20)25(29)14-15-26-24(28)13-9-19-6-4-3-5-7-19/h3-13,16-17H,14-15,18H2,1-2H3,(H,26,28)/b13-9+. The average molecular weight is 402 g/mol. The van der Waals surface area contributed by atoms with Crippen molar-refractivity contribution in [3.05, 3.63) is 83.9 Å². The molecule has 1 N–H and O–H groups in total. The molecule has 0 spiro atoms. The summed E-state index contributed by atoms with van der Waals surface area (Å²) in [6.07, 6.45) is 3.48. The molecule has 0 saturated carbocycles. The summed E-state index contributed by atoms with van der Waals surface area (Å²) in [4.78, 5) is 26.0. The predicted octanol–water partition coefficient (Wildman–Crippen LogP) is 4.03. The maximum Gasteiger partial charge on any atom is 0.244 e. The number of benzene rings is 3. The molecule has 5 nitrogen and oxygen atoms in total. The normalized spacial score (nSPS) is 10.9. The number of amides is 2. The lowest BCUT2D eigenvalue weighted by molar-refractivity contribution is -0.130. The Bertz CT molecular complexity index is 1040. The molecule has 0 bridgehead atoms. The highest BCUT2D eigenvalue weighted by molar-refractivity contribution is 5.92. The molecule has 2 amide bonds. The van der Waals surface area contributed by atoms with Crippen LogP contribution in [0.3, 0.4) is 0 Å². The fraction of sp³-hybridized carbons (Fsp3) is 0.200. The van der Waals surface area contributed by atoms with Gasteiger partial charge in [-0.1, -0.05) is 48.5 Å². The molecule has 0 aliphatic carbocycles. The number of hydrogen-bond donors (Lipinski definition) is 1. The van der Waals surface area contributed by atoms with Crippen molar-refractivity contribution in [2.75, 3.05) is 20.7 Å². The second kappa shape index (κ2) is 10.3. The second-order valence-corrected chi connectivity index (χ2v) is 7.08. The van der Waals surface area contributed by atoms with Gasteiger partial charge in [-0.3, -0.25) is 9.59 Å². The lowest BCUT2D eigenvalue weighted by Crippen LogP contribution is -2.31. The van der Waals surface area contributed by atoms with Crippen molar-refractivity contribution in [3.63, 3.8) is 0 Å². The van der Waals surface area contributed by atoms with Crippen LogP contribution < -0.4 is 10.1 Å². The zero-order chi connectivity index (χ0) is 21.3. The van der Waals surface area contributed by atoms with Crippen molar-refractivity contribution in [3.8, 4) is 5.75 Å². The maximum absolute atomic E-state index is 12.4. The third-order valence-electron chi connectivity index (χ3n) is 4.82. The molecule has 0 atom stereocenters. The number of ether oxygens (including phenoxy) is 1. The van der Waals surface area contributed by atoms with Gasteiger partial charge in [0.2, 0.25) is 11.8 Å². The van der Waals surface area contributed by atoms with Crippen LogP contribution in [0.2, 0.25) is 0 Å². The van der Waals surface area contributed by atoms with Gasteiger partial charge in [0.05, 0.1) is 7.11 Å². The molecule has 0 aliphatic heterocycles. The van der Waals surface area contributed by atoms with E-state index in [2.05, 4.69) is 11.4 Å². The topological polar surface area (TPSA) is 58.6 Å². The molecule has 3 aromatic carbocycles. The summed E-state index contributed by atoms with van der Waals surface area (Å²) in [5.41, 5.74) is 2.01. The highest BCUT2D eigenvalue weighted by Gasteiger charge is 2.10. The number of carbonyl (C=O) groups is 2. The van der Waals surface area contributed by atoms with Gasteiger partial charge in [-0.15, -0.1) is 0 Å². The lowest BCUT2D eigenvalue weighted by Gasteiger charge is -2.18. The first-order chi connectivity index (χ1) is 14.5. The van der Waals surface area contributed by atoms with Crippen molar-refractivity contribution in [2.45, 2.75) is 13.0 Å². The van der Waals surface area contributed by atoms with Crippen molar-refractivity contribution in [1.29, 1.82) is 0 Å². The average Bonchev–Trinajstić information content (AvgIpc) is 2.77. The largest absolute Gasteiger partial charge is 0.497 e. The Morgan fingerprint density at radius 1 is 1.00 bits per heavy atom. The van der Waals surface area contributed by atoms with Crippen LogP contribution in [0.1, 0.15) is 17.5 Å². The Kier molecular flexibility index (Phi) is 7.22. The van der Waals surface area contributed by atoms with E-state index < -0.39 is 0 Å². The van der Waals surface area contributed by atoms with E-state index in [0.717, 1.165) is 27.6 Å². The van der Waals surface area contributed by atoms with Gasteiger partial charge in [-0.2, -0.15) is 0 Å². The van der Waals surface area contributed by atoms with Crippen molar-refractivity contribution in [1.82, 2.24) is 10.2 Å². The van der Waals surface area contributed by atoms with Crippen LogP contribution in [0.25, 0.3) is 16.8 Å². The number of nitrogens with one attached hydrogen (secondary N) is 1. The minimum Gasteiger partial charge on any atom is -0.497 e. The molecule has 0 aliphatic rings. The van der Waals surface area contributed by atoms with Crippen molar-refractivity contribution in [2.24, 2.45) is 0 Å². The fourth-order valence-corrected chi connectivity index (χ4v) is 3.14. The van der Waals surface area contributed by atoms with E-state index in [0.29, 0.717) is 13.1 Å². The minimum atomic E-state index is -0.209. The van der Waals surface area contributed by atoms with Crippen LogP contribution in [-0.2, 0) is 16.1 Å². The van der Waals surface area contributed by atoms with E-state index in [4.69, 9.17) is 4.74 Å². The van der Waals surface area contributed by atoms with Crippen LogP contribution in [0.15, 0.2) is 72.8 Å². The Labute approximate surface area is 177 Å². The number of nitrogens with zero attached hydrogens (tertiary/aromatic N) is 1. The molecule has 0 heterocycles. The van der Waals surface area contributed by atoms with Crippen LogP contribution >= 0.6 is 0 Å². The zero-order valence-corrected chi connectivity index (χ0v) is 17.3. The van der Waals surface area contributed by atoms with E-state index in [1.165, 1.54) is 6.08 Å². The van der Waals surface area contributed by atoms with Gasteiger partial charge in [-0.05, 0) is 46.2 Å². The zero-order valence-electron chi connectivity index (χ0n) is 17.3. The molecule has 0 fully saturated rings. The molecule has 0 unspecified atom stereocenters. The molecule has 3 aromatic rings. The van der Waals surface area contributed by atoms with E-state index in [1.807, 2.05) is 60.7 Å². The summed E-state index contributed by atoms with van der Waals surface area (Å²) in [6, 6.07) is 21.7. The first-order valence-electron chi connectivity index (χ1n) is 9.87. The Balaban J connectivity index is 1.47. The molecule has 5 heteroatoms. The number of fused-ring (bicyclic) bond motifs is 1. The van der Waals surface area contributed by atoms with Crippen LogP contribution in [0.5, 0.6) is 5.75 Å². The van der Waals surface area contributed by atoms with Crippen LogP contribution in [0, 0.1) is 0 Å². The molecule has 30 heavy (non-hydrogen) atoms. The monoisotopic (exact) mass is 402 g/mol. The quantitative estimate of drug-likeness (QED) is 0.579. The summed E-state index contributed by atoms with van der Waals surface area (Å²) in [7, 11) is 3.43. The van der Waals surface area contributed by atoms with Crippen LogP contribution in [0.4, 0.5) is 0 Å². The van der Waals surface area contributed by atoms with Gasteiger partial charge < -0.3 is 15.0 Å². The van der Waals surface area contributed by atoms with Crippen molar-refractivity contribution >= 4 is 28.7 Å². The Morgan fingerprint density at radius 3 is 2.50 bits per heavy atom. The van der Waals surface area contributed by atoms with Crippen molar-refractivity contribution < 1.29 is 14.3 Å². The third kappa shape index (κ3) is 5.95. The molecule has 0 saturated heterocycles. The van der Waals surface area contributed by atoms with E-state index in [1.54, 1.807) is 25.1 Å². The summed E-state index contributed by atoms with van der Waals surface area (Å²) in [6.45, 7) is 0.821. The number of methoxy groups -OCH3 is 1. The van der Waals surface area contributed by atoms with Gasteiger partial charge in [0.15, 0.2) is 0 Å². The van der Waals surface area contributed by atoms with E-state index in [9.17, 15) is 9.59 Å². The Hall–Kier alpha value is -3.60. The second-order valence-electron chi connectivity index (χ2n) is 7.08. The molecular weight excluding hydrogens is 376 g/mol. The SMILES string of the molecule is COc1ccc2cc(CN(C)C(=O)CCNC(=O)/C=C/c3ccccc3)ccc2c1. The number of rotatable bonds is 8. The van der Waals surface area contributed by atoms with Gasteiger partial charge >= 0.3 is 0 Å². The van der Waals surface area contributed by atoms with E-state index >= 15 is 0 Å². The molecule has 3 rings (SSSR count). The summed E-state index contributed by atoms with van der Waals surface area (Å²) in [5, 5.41) is 4.95. The van der Waals surface area contributed by atoms with Gasteiger partial charge in [0.1, 0.15) is 5.75 Å². The molecular formula is C25H26N2O3. The smallest absolute Gasteiger partial charge is 0.244 e. The molecule has 0 aromatic heterocycles.